The van der Waals surface area contributed by atoms with Crippen molar-refractivity contribution in [3.05, 3.63) is 71.4 Å². The molecule has 0 fully saturated rings. The van der Waals surface area contributed by atoms with Crippen LogP contribution >= 0.6 is 23.4 Å². The van der Waals surface area contributed by atoms with Crippen LogP contribution in [0.5, 0.6) is 5.75 Å². The molecule has 2 aromatic carbocycles. The second kappa shape index (κ2) is 8.38. The maximum atomic E-state index is 12.7. The van der Waals surface area contributed by atoms with Gasteiger partial charge in [0, 0.05) is 28.9 Å². The highest BCUT2D eigenvalue weighted by molar-refractivity contribution is 7.99. The second-order valence-electron chi connectivity index (χ2n) is 6.71. The standard InChI is InChI=1S/C22H18ClN3O3S/c1-13(29-16-6-3-5-14(23)11-16)20(27)25-15-8-9-18-19(12-15)30-21-17(7-4-10-24-21)22(28)26(18)2/h3-13H,1-2H3,(H,25,27)/t13-/m0/s1. The summed E-state index contributed by atoms with van der Waals surface area (Å²) in [5, 5.41) is 4.03. The fraction of sp³-hybridized carbons (Fsp3) is 0.136. The van der Waals surface area contributed by atoms with Crippen molar-refractivity contribution in [2.24, 2.45) is 0 Å². The summed E-state index contributed by atoms with van der Waals surface area (Å²) >= 11 is 7.35. The Morgan fingerprint density at radius 3 is 2.83 bits per heavy atom. The topological polar surface area (TPSA) is 71.5 Å². The van der Waals surface area contributed by atoms with E-state index in [4.69, 9.17) is 16.3 Å². The molecular formula is C22H18ClN3O3S. The highest BCUT2D eigenvalue weighted by Gasteiger charge is 2.26. The van der Waals surface area contributed by atoms with Gasteiger partial charge >= 0.3 is 0 Å². The smallest absolute Gasteiger partial charge is 0.265 e. The van der Waals surface area contributed by atoms with Crippen molar-refractivity contribution >= 4 is 46.6 Å². The van der Waals surface area contributed by atoms with E-state index in [1.54, 1.807) is 67.5 Å². The molecule has 30 heavy (non-hydrogen) atoms. The summed E-state index contributed by atoms with van der Waals surface area (Å²) < 4.78 is 5.67. The number of aromatic nitrogens is 1. The van der Waals surface area contributed by atoms with E-state index in [-0.39, 0.29) is 11.8 Å². The van der Waals surface area contributed by atoms with E-state index in [0.717, 1.165) is 10.6 Å². The average Bonchev–Trinajstić information content (AvgIpc) is 2.83. The van der Waals surface area contributed by atoms with Gasteiger partial charge in [0.15, 0.2) is 6.10 Å². The zero-order valence-corrected chi connectivity index (χ0v) is 17.8. The Morgan fingerprint density at radius 2 is 2.03 bits per heavy atom. The van der Waals surface area contributed by atoms with Gasteiger partial charge in [-0.25, -0.2) is 4.98 Å². The maximum Gasteiger partial charge on any atom is 0.265 e. The van der Waals surface area contributed by atoms with Gasteiger partial charge in [-0.05, 0) is 55.5 Å². The van der Waals surface area contributed by atoms with Crippen molar-refractivity contribution in [2.45, 2.75) is 22.9 Å². The second-order valence-corrected chi connectivity index (χ2v) is 8.18. The third-order valence-corrected chi connectivity index (χ3v) is 5.88. The van der Waals surface area contributed by atoms with Gasteiger partial charge in [0.2, 0.25) is 0 Å². The first kappa shape index (κ1) is 20.3. The van der Waals surface area contributed by atoms with Crippen LogP contribution in [0.1, 0.15) is 17.3 Å². The van der Waals surface area contributed by atoms with Gasteiger partial charge in [-0.2, -0.15) is 0 Å². The molecule has 2 heterocycles. The van der Waals surface area contributed by atoms with Crippen molar-refractivity contribution in [2.75, 3.05) is 17.3 Å². The fourth-order valence-corrected chi connectivity index (χ4v) is 4.28. The minimum absolute atomic E-state index is 0.121. The van der Waals surface area contributed by atoms with Crippen LogP contribution in [-0.4, -0.2) is 29.9 Å². The summed E-state index contributed by atoms with van der Waals surface area (Å²) in [5.74, 6) is 0.103. The van der Waals surface area contributed by atoms with Gasteiger partial charge < -0.3 is 15.0 Å². The summed E-state index contributed by atoms with van der Waals surface area (Å²) in [5.41, 5.74) is 1.91. The predicted molar refractivity (Wildman–Crippen MR) is 118 cm³/mol. The number of anilines is 2. The lowest BCUT2D eigenvalue weighted by Crippen LogP contribution is -2.30. The molecule has 0 saturated heterocycles. The first-order valence-corrected chi connectivity index (χ1v) is 10.4. The monoisotopic (exact) mass is 439 g/mol. The maximum absolute atomic E-state index is 12.7. The number of rotatable bonds is 4. The number of halogens is 1. The van der Waals surface area contributed by atoms with Gasteiger partial charge in [0.05, 0.1) is 11.3 Å². The van der Waals surface area contributed by atoms with Crippen molar-refractivity contribution in [1.29, 1.82) is 0 Å². The number of ether oxygens (including phenoxy) is 1. The molecule has 3 aromatic rings. The molecule has 0 aliphatic carbocycles. The lowest BCUT2D eigenvalue weighted by molar-refractivity contribution is -0.122. The van der Waals surface area contributed by atoms with Crippen LogP contribution in [0.15, 0.2) is 70.7 Å². The molecule has 1 atom stereocenters. The van der Waals surface area contributed by atoms with Crippen LogP contribution < -0.4 is 15.0 Å². The Hall–Kier alpha value is -3.03. The molecule has 2 amide bonds. The summed E-state index contributed by atoms with van der Waals surface area (Å²) in [6.07, 6.45) is 0.937. The van der Waals surface area contributed by atoms with E-state index in [0.29, 0.717) is 27.0 Å². The number of hydrogen-bond acceptors (Lipinski definition) is 5. The van der Waals surface area contributed by atoms with E-state index in [9.17, 15) is 9.59 Å². The molecule has 6 nitrogen and oxygen atoms in total. The van der Waals surface area contributed by atoms with Gasteiger partial charge in [-0.1, -0.05) is 29.4 Å². The highest BCUT2D eigenvalue weighted by Crippen LogP contribution is 2.41. The summed E-state index contributed by atoms with van der Waals surface area (Å²) in [6, 6.07) is 15.8. The Morgan fingerprint density at radius 1 is 1.20 bits per heavy atom. The van der Waals surface area contributed by atoms with Crippen LogP contribution in [0.3, 0.4) is 0 Å². The number of nitrogens with zero attached hydrogens (tertiary/aromatic N) is 2. The molecule has 0 radical (unpaired) electrons. The van der Waals surface area contributed by atoms with Crippen LogP contribution in [0.2, 0.25) is 5.02 Å². The summed E-state index contributed by atoms with van der Waals surface area (Å²) in [6.45, 7) is 1.67. The number of hydrogen-bond donors (Lipinski definition) is 1. The molecule has 1 aromatic heterocycles. The molecule has 0 spiro atoms. The lowest BCUT2D eigenvalue weighted by Gasteiger charge is -2.19. The molecular weight excluding hydrogens is 422 g/mol. The normalized spacial score (nSPS) is 13.7. The van der Waals surface area contributed by atoms with Crippen molar-refractivity contribution in [1.82, 2.24) is 4.98 Å². The van der Waals surface area contributed by atoms with Crippen molar-refractivity contribution in [3.63, 3.8) is 0 Å². The third-order valence-electron chi connectivity index (χ3n) is 4.58. The number of fused-ring (bicyclic) bond motifs is 2. The van der Waals surface area contributed by atoms with Gasteiger partial charge in [0.1, 0.15) is 10.8 Å². The predicted octanol–water partition coefficient (Wildman–Crippen LogP) is 4.88. The molecule has 0 unspecified atom stereocenters. The molecule has 8 heteroatoms. The lowest BCUT2D eigenvalue weighted by atomic mass is 10.2. The Balaban J connectivity index is 1.54. The molecule has 1 N–H and O–H groups in total. The SMILES string of the molecule is C[C@H](Oc1cccc(Cl)c1)C(=O)Nc1ccc2c(c1)Sc1ncccc1C(=O)N2C. The highest BCUT2D eigenvalue weighted by atomic mass is 35.5. The average molecular weight is 440 g/mol. The Labute approximate surface area is 183 Å². The summed E-state index contributed by atoms with van der Waals surface area (Å²) in [7, 11) is 1.73. The van der Waals surface area contributed by atoms with Gasteiger partial charge in [-0.3, -0.25) is 9.59 Å². The number of benzene rings is 2. The third kappa shape index (κ3) is 4.13. The zero-order valence-electron chi connectivity index (χ0n) is 16.3. The molecule has 4 rings (SSSR count). The van der Waals surface area contributed by atoms with E-state index in [2.05, 4.69) is 10.3 Å². The summed E-state index contributed by atoms with van der Waals surface area (Å²) in [4.78, 5) is 32.1. The van der Waals surface area contributed by atoms with Gasteiger partial charge in [-0.15, -0.1) is 0 Å². The zero-order chi connectivity index (χ0) is 21.3. The fourth-order valence-electron chi connectivity index (χ4n) is 3.02. The number of pyridine rings is 1. The van der Waals surface area contributed by atoms with E-state index in [1.165, 1.54) is 11.8 Å². The number of nitrogens with one attached hydrogen (secondary N) is 1. The largest absolute Gasteiger partial charge is 0.481 e. The Bertz CT molecular complexity index is 1140. The number of carbonyl (C=O) groups excluding carboxylic acids is 2. The first-order valence-electron chi connectivity index (χ1n) is 9.20. The quantitative estimate of drug-likeness (QED) is 0.627. The van der Waals surface area contributed by atoms with Gasteiger partial charge in [0.25, 0.3) is 11.8 Å². The first-order chi connectivity index (χ1) is 14.4. The minimum Gasteiger partial charge on any atom is -0.481 e. The van der Waals surface area contributed by atoms with Crippen LogP contribution in [-0.2, 0) is 4.79 Å². The van der Waals surface area contributed by atoms with Crippen LogP contribution in [0.25, 0.3) is 0 Å². The van der Waals surface area contributed by atoms with Crippen LogP contribution in [0.4, 0.5) is 11.4 Å². The van der Waals surface area contributed by atoms with E-state index < -0.39 is 6.10 Å². The van der Waals surface area contributed by atoms with Crippen molar-refractivity contribution < 1.29 is 14.3 Å². The number of carbonyl (C=O) groups is 2. The van der Waals surface area contributed by atoms with E-state index >= 15 is 0 Å². The molecule has 152 valence electrons. The van der Waals surface area contributed by atoms with E-state index in [1.807, 2.05) is 12.1 Å². The van der Waals surface area contributed by atoms with Crippen molar-refractivity contribution in [3.8, 4) is 5.75 Å². The molecule has 1 aliphatic rings. The van der Waals surface area contributed by atoms with Crippen LogP contribution in [0, 0.1) is 0 Å². The Kier molecular flexibility index (Phi) is 5.65. The molecule has 0 bridgehead atoms. The molecule has 0 saturated carbocycles. The number of amides is 2. The minimum atomic E-state index is -0.721. The molecule has 1 aliphatic heterocycles.